The highest BCUT2D eigenvalue weighted by atomic mass is 16.2. The van der Waals surface area contributed by atoms with E-state index in [0.717, 1.165) is 25.9 Å². The smallest absolute Gasteiger partial charge is 0.236 e. The molecule has 1 unspecified atom stereocenters. The highest BCUT2D eigenvalue weighted by molar-refractivity contribution is 5.78. The standard InChI is InChI=1S/C12H22N2O/c1-4-11(3)13-8-12(15)14-7-5-6-10(2)9-14/h6,11,13H,4-5,7-9H2,1-3H3. The molecule has 1 N–H and O–H groups in total. The van der Waals surface area contributed by atoms with Crippen LogP contribution in [0.1, 0.15) is 33.6 Å². The summed E-state index contributed by atoms with van der Waals surface area (Å²) in [5, 5.41) is 3.23. The van der Waals surface area contributed by atoms with Crippen molar-refractivity contribution in [3.05, 3.63) is 11.6 Å². The molecule has 0 radical (unpaired) electrons. The lowest BCUT2D eigenvalue weighted by atomic mass is 10.1. The first-order chi connectivity index (χ1) is 7.13. The first-order valence-electron chi connectivity index (χ1n) is 5.80. The van der Waals surface area contributed by atoms with E-state index in [2.05, 4.69) is 32.2 Å². The molecule has 0 aliphatic carbocycles. The summed E-state index contributed by atoms with van der Waals surface area (Å²) in [6.07, 6.45) is 4.28. The predicted octanol–water partition coefficient (Wildman–Crippen LogP) is 1.55. The molecule has 15 heavy (non-hydrogen) atoms. The fraction of sp³-hybridized carbons (Fsp3) is 0.750. The van der Waals surface area contributed by atoms with Crippen molar-refractivity contribution in [3.8, 4) is 0 Å². The first-order valence-corrected chi connectivity index (χ1v) is 5.80. The van der Waals surface area contributed by atoms with Crippen molar-refractivity contribution in [2.45, 2.75) is 39.7 Å². The molecule has 0 aromatic rings. The molecule has 3 heteroatoms. The van der Waals surface area contributed by atoms with Gasteiger partial charge in [-0.2, -0.15) is 0 Å². The number of amides is 1. The maximum Gasteiger partial charge on any atom is 0.236 e. The van der Waals surface area contributed by atoms with E-state index in [4.69, 9.17) is 0 Å². The van der Waals surface area contributed by atoms with Crippen LogP contribution in [0.3, 0.4) is 0 Å². The van der Waals surface area contributed by atoms with Gasteiger partial charge in [-0.05, 0) is 26.7 Å². The normalized spacial score (nSPS) is 18.6. The number of carbonyl (C=O) groups excluding carboxylic acids is 1. The van der Waals surface area contributed by atoms with Gasteiger partial charge in [-0.3, -0.25) is 4.79 Å². The van der Waals surface area contributed by atoms with Crippen molar-refractivity contribution in [3.63, 3.8) is 0 Å². The van der Waals surface area contributed by atoms with Crippen LogP contribution in [-0.2, 0) is 4.79 Å². The Balaban J connectivity index is 2.31. The summed E-state index contributed by atoms with van der Waals surface area (Å²) in [4.78, 5) is 13.7. The van der Waals surface area contributed by atoms with E-state index in [-0.39, 0.29) is 5.91 Å². The Labute approximate surface area is 92.5 Å². The Bertz CT molecular complexity index is 248. The van der Waals surface area contributed by atoms with Gasteiger partial charge in [-0.1, -0.05) is 18.6 Å². The van der Waals surface area contributed by atoms with Crippen molar-refractivity contribution in [1.29, 1.82) is 0 Å². The highest BCUT2D eigenvalue weighted by Gasteiger charge is 2.16. The molecule has 1 aliphatic heterocycles. The molecule has 1 rings (SSSR count). The van der Waals surface area contributed by atoms with Gasteiger partial charge >= 0.3 is 0 Å². The van der Waals surface area contributed by atoms with Gasteiger partial charge < -0.3 is 10.2 Å². The van der Waals surface area contributed by atoms with Crippen molar-refractivity contribution in [2.24, 2.45) is 0 Å². The van der Waals surface area contributed by atoms with Gasteiger partial charge in [0.15, 0.2) is 0 Å². The van der Waals surface area contributed by atoms with Crippen LogP contribution < -0.4 is 5.32 Å². The molecule has 0 fully saturated rings. The zero-order valence-corrected chi connectivity index (χ0v) is 10.0. The summed E-state index contributed by atoms with van der Waals surface area (Å²) in [5.41, 5.74) is 1.30. The third kappa shape index (κ3) is 4.04. The summed E-state index contributed by atoms with van der Waals surface area (Å²) < 4.78 is 0. The fourth-order valence-electron chi connectivity index (χ4n) is 1.64. The number of nitrogens with one attached hydrogen (secondary N) is 1. The zero-order valence-electron chi connectivity index (χ0n) is 10.0. The molecular formula is C12H22N2O. The molecule has 0 aromatic carbocycles. The Morgan fingerprint density at radius 3 is 3.00 bits per heavy atom. The third-order valence-corrected chi connectivity index (χ3v) is 2.90. The quantitative estimate of drug-likeness (QED) is 0.714. The van der Waals surface area contributed by atoms with Gasteiger partial charge in [-0.25, -0.2) is 0 Å². The largest absolute Gasteiger partial charge is 0.337 e. The van der Waals surface area contributed by atoms with Crippen molar-refractivity contribution >= 4 is 5.91 Å². The molecule has 0 aromatic heterocycles. The summed E-state index contributed by atoms with van der Waals surface area (Å²) >= 11 is 0. The van der Waals surface area contributed by atoms with Crippen molar-refractivity contribution < 1.29 is 4.79 Å². The molecule has 3 nitrogen and oxygen atoms in total. The second-order valence-corrected chi connectivity index (χ2v) is 4.34. The average molecular weight is 210 g/mol. The summed E-state index contributed by atoms with van der Waals surface area (Å²) in [6.45, 7) is 8.47. The van der Waals surface area contributed by atoms with E-state index in [1.54, 1.807) is 0 Å². The average Bonchev–Trinajstić information content (AvgIpc) is 2.25. The number of rotatable bonds is 4. The minimum Gasteiger partial charge on any atom is -0.337 e. The molecule has 1 atom stereocenters. The molecule has 1 aliphatic rings. The lowest BCUT2D eigenvalue weighted by Crippen LogP contribution is -2.42. The SMILES string of the molecule is CCC(C)NCC(=O)N1CCC=C(C)C1. The summed E-state index contributed by atoms with van der Waals surface area (Å²) in [6, 6.07) is 0.426. The number of hydrogen-bond acceptors (Lipinski definition) is 2. The van der Waals surface area contributed by atoms with Crippen molar-refractivity contribution in [2.75, 3.05) is 19.6 Å². The predicted molar refractivity (Wildman–Crippen MR) is 62.7 cm³/mol. The van der Waals surface area contributed by atoms with Crippen LogP contribution in [0, 0.1) is 0 Å². The highest BCUT2D eigenvalue weighted by Crippen LogP contribution is 2.08. The zero-order chi connectivity index (χ0) is 11.3. The van der Waals surface area contributed by atoms with Gasteiger partial charge in [0.05, 0.1) is 6.54 Å². The van der Waals surface area contributed by atoms with E-state index in [9.17, 15) is 4.79 Å². The van der Waals surface area contributed by atoms with Crippen LogP contribution in [0.5, 0.6) is 0 Å². The van der Waals surface area contributed by atoms with Crippen molar-refractivity contribution in [1.82, 2.24) is 10.2 Å². The van der Waals surface area contributed by atoms with Crippen LogP contribution in [0.4, 0.5) is 0 Å². The summed E-state index contributed by atoms with van der Waals surface area (Å²) in [7, 11) is 0. The topological polar surface area (TPSA) is 32.3 Å². The Kier molecular flexibility index (Phi) is 4.82. The number of nitrogens with zero attached hydrogens (tertiary/aromatic N) is 1. The Morgan fingerprint density at radius 1 is 1.67 bits per heavy atom. The van der Waals surface area contributed by atoms with E-state index in [1.807, 2.05) is 4.90 Å². The van der Waals surface area contributed by atoms with Gasteiger partial charge in [0, 0.05) is 19.1 Å². The molecular weight excluding hydrogens is 188 g/mol. The van der Waals surface area contributed by atoms with Crippen LogP contribution in [0.25, 0.3) is 0 Å². The maximum atomic E-state index is 11.8. The molecule has 0 spiro atoms. The molecule has 1 heterocycles. The van der Waals surface area contributed by atoms with E-state index < -0.39 is 0 Å². The van der Waals surface area contributed by atoms with Gasteiger partial charge in [0.25, 0.3) is 0 Å². The Hall–Kier alpha value is -0.830. The lowest BCUT2D eigenvalue weighted by Gasteiger charge is -2.26. The molecule has 0 bridgehead atoms. The number of carbonyl (C=O) groups is 1. The van der Waals surface area contributed by atoms with Crippen LogP contribution in [0.2, 0.25) is 0 Å². The van der Waals surface area contributed by atoms with Gasteiger partial charge in [-0.15, -0.1) is 0 Å². The minimum absolute atomic E-state index is 0.225. The molecule has 0 saturated carbocycles. The number of hydrogen-bond donors (Lipinski definition) is 1. The molecule has 86 valence electrons. The van der Waals surface area contributed by atoms with Gasteiger partial charge in [0.1, 0.15) is 0 Å². The monoisotopic (exact) mass is 210 g/mol. The van der Waals surface area contributed by atoms with E-state index in [1.165, 1.54) is 5.57 Å². The second kappa shape index (κ2) is 5.91. The summed E-state index contributed by atoms with van der Waals surface area (Å²) in [5.74, 6) is 0.225. The minimum atomic E-state index is 0.225. The van der Waals surface area contributed by atoms with E-state index >= 15 is 0 Å². The second-order valence-electron chi connectivity index (χ2n) is 4.34. The fourth-order valence-corrected chi connectivity index (χ4v) is 1.64. The molecule has 1 amide bonds. The first kappa shape index (κ1) is 12.2. The van der Waals surface area contributed by atoms with Gasteiger partial charge in [0.2, 0.25) is 5.91 Å². The lowest BCUT2D eigenvalue weighted by molar-refractivity contribution is -0.130. The Morgan fingerprint density at radius 2 is 2.40 bits per heavy atom. The molecule has 0 saturated heterocycles. The third-order valence-electron chi connectivity index (χ3n) is 2.90. The van der Waals surface area contributed by atoms with E-state index in [0.29, 0.717) is 12.6 Å². The van der Waals surface area contributed by atoms with Crippen LogP contribution in [0.15, 0.2) is 11.6 Å². The van der Waals surface area contributed by atoms with Crippen LogP contribution >= 0.6 is 0 Å². The van der Waals surface area contributed by atoms with Crippen LogP contribution in [-0.4, -0.2) is 36.5 Å². The maximum absolute atomic E-state index is 11.8.